The largest absolute Gasteiger partial charge is 0.508 e. The molecule has 6 nitrogen and oxygen atoms in total. The Labute approximate surface area is 137 Å². The molecule has 0 aliphatic heterocycles. The van der Waals surface area contributed by atoms with E-state index in [9.17, 15) is 19.8 Å². The summed E-state index contributed by atoms with van der Waals surface area (Å²) in [5, 5.41) is 22.6. The SMILES string of the molecule is CCn1c(O)c(C(=O)Nc2ccc(O)cc2)c(=O)c2ccccc21. The van der Waals surface area contributed by atoms with E-state index in [1.165, 1.54) is 28.8 Å². The topological polar surface area (TPSA) is 91.6 Å². The first kappa shape index (κ1) is 15.6. The van der Waals surface area contributed by atoms with Gasteiger partial charge in [-0.1, -0.05) is 12.1 Å². The molecule has 1 amide bonds. The monoisotopic (exact) mass is 324 g/mol. The molecule has 24 heavy (non-hydrogen) atoms. The van der Waals surface area contributed by atoms with E-state index >= 15 is 0 Å². The number of rotatable bonds is 3. The van der Waals surface area contributed by atoms with Crippen molar-refractivity contribution in [1.29, 1.82) is 0 Å². The summed E-state index contributed by atoms with van der Waals surface area (Å²) in [5.74, 6) is -0.997. The van der Waals surface area contributed by atoms with Crippen molar-refractivity contribution < 1.29 is 15.0 Å². The van der Waals surface area contributed by atoms with Gasteiger partial charge in [0.25, 0.3) is 5.91 Å². The number of anilines is 1. The normalized spacial score (nSPS) is 10.7. The highest BCUT2D eigenvalue weighted by Crippen LogP contribution is 2.23. The molecule has 0 aliphatic carbocycles. The molecular weight excluding hydrogens is 308 g/mol. The number of benzene rings is 2. The number of aryl methyl sites for hydroxylation is 1. The molecule has 3 N–H and O–H groups in total. The van der Waals surface area contributed by atoms with Crippen molar-refractivity contribution in [2.45, 2.75) is 13.5 Å². The van der Waals surface area contributed by atoms with Gasteiger partial charge in [-0.25, -0.2) is 0 Å². The van der Waals surface area contributed by atoms with Gasteiger partial charge in [-0.15, -0.1) is 0 Å². The van der Waals surface area contributed by atoms with Crippen LogP contribution >= 0.6 is 0 Å². The van der Waals surface area contributed by atoms with Crippen LogP contribution in [0.25, 0.3) is 10.9 Å². The van der Waals surface area contributed by atoms with Crippen molar-refractivity contribution in [3.05, 3.63) is 64.3 Å². The van der Waals surface area contributed by atoms with Gasteiger partial charge in [0.2, 0.25) is 11.3 Å². The molecule has 3 aromatic rings. The third kappa shape index (κ3) is 2.58. The summed E-state index contributed by atoms with van der Waals surface area (Å²) < 4.78 is 1.52. The van der Waals surface area contributed by atoms with Gasteiger partial charge in [0.1, 0.15) is 11.3 Å². The van der Waals surface area contributed by atoms with Crippen LogP contribution in [0.2, 0.25) is 0 Å². The van der Waals surface area contributed by atoms with Crippen molar-refractivity contribution >= 4 is 22.5 Å². The fraction of sp³-hybridized carbons (Fsp3) is 0.111. The zero-order valence-electron chi connectivity index (χ0n) is 13.0. The Balaban J connectivity index is 2.13. The molecule has 2 aromatic carbocycles. The molecule has 122 valence electrons. The Morgan fingerprint density at radius 3 is 2.42 bits per heavy atom. The number of aromatic hydroxyl groups is 2. The molecule has 3 rings (SSSR count). The molecule has 0 radical (unpaired) electrons. The predicted octanol–water partition coefficient (Wildman–Crippen LogP) is 2.68. The Kier molecular flexibility index (Phi) is 3.95. The molecule has 1 aromatic heterocycles. The Morgan fingerprint density at radius 2 is 1.75 bits per heavy atom. The van der Waals surface area contributed by atoms with Gasteiger partial charge in [0, 0.05) is 17.6 Å². The maximum absolute atomic E-state index is 12.6. The summed E-state index contributed by atoms with van der Waals surface area (Å²) in [7, 11) is 0. The predicted molar refractivity (Wildman–Crippen MR) is 91.6 cm³/mol. The van der Waals surface area contributed by atoms with E-state index in [2.05, 4.69) is 5.32 Å². The minimum absolute atomic E-state index is 0.0647. The molecule has 0 saturated heterocycles. The lowest BCUT2D eigenvalue weighted by atomic mass is 10.1. The highest BCUT2D eigenvalue weighted by atomic mass is 16.3. The van der Waals surface area contributed by atoms with Crippen molar-refractivity contribution in [3.63, 3.8) is 0 Å². The van der Waals surface area contributed by atoms with E-state index in [1.807, 2.05) is 6.92 Å². The second-order valence-corrected chi connectivity index (χ2v) is 5.29. The molecule has 0 fully saturated rings. The van der Waals surface area contributed by atoms with Crippen molar-refractivity contribution in [2.24, 2.45) is 0 Å². The molecule has 0 saturated carbocycles. The summed E-state index contributed by atoms with van der Waals surface area (Å²) in [5.41, 5.74) is 0.157. The lowest BCUT2D eigenvalue weighted by Gasteiger charge is -2.14. The fourth-order valence-corrected chi connectivity index (χ4v) is 2.65. The molecule has 0 atom stereocenters. The molecule has 0 spiro atoms. The molecule has 1 heterocycles. The van der Waals surface area contributed by atoms with Crippen LogP contribution in [-0.2, 0) is 6.54 Å². The number of phenols is 1. The first-order valence-electron chi connectivity index (χ1n) is 7.47. The second kappa shape index (κ2) is 6.08. The van der Waals surface area contributed by atoms with Crippen molar-refractivity contribution in [2.75, 3.05) is 5.32 Å². The van der Waals surface area contributed by atoms with Crippen molar-refractivity contribution in [3.8, 4) is 11.6 Å². The molecule has 0 aliphatic rings. The summed E-state index contributed by atoms with van der Waals surface area (Å²) in [6, 6.07) is 12.7. The quantitative estimate of drug-likeness (QED) is 0.646. The van der Waals surface area contributed by atoms with Crippen LogP contribution in [0.1, 0.15) is 17.3 Å². The zero-order valence-corrected chi connectivity index (χ0v) is 13.0. The number of pyridine rings is 1. The summed E-state index contributed by atoms with van der Waals surface area (Å²) in [4.78, 5) is 25.1. The van der Waals surface area contributed by atoms with E-state index in [0.29, 0.717) is 23.1 Å². The average Bonchev–Trinajstić information content (AvgIpc) is 2.57. The first-order chi connectivity index (χ1) is 11.5. The third-order valence-corrected chi connectivity index (χ3v) is 3.81. The fourth-order valence-electron chi connectivity index (χ4n) is 2.65. The number of hydrogen-bond donors (Lipinski definition) is 3. The lowest BCUT2D eigenvalue weighted by Crippen LogP contribution is -2.24. The number of nitrogens with one attached hydrogen (secondary N) is 1. The molecule has 0 unspecified atom stereocenters. The number of nitrogens with zero attached hydrogens (tertiary/aromatic N) is 1. The van der Waals surface area contributed by atoms with Gasteiger partial charge in [-0.2, -0.15) is 0 Å². The van der Waals surface area contributed by atoms with E-state index in [-0.39, 0.29) is 17.2 Å². The van der Waals surface area contributed by atoms with Gasteiger partial charge in [0.05, 0.1) is 5.52 Å². The van der Waals surface area contributed by atoms with Crippen LogP contribution in [0.15, 0.2) is 53.3 Å². The Bertz CT molecular complexity index is 975. The number of hydrogen-bond acceptors (Lipinski definition) is 4. The zero-order chi connectivity index (χ0) is 17.3. The standard InChI is InChI=1S/C18H16N2O4/c1-2-20-14-6-4-3-5-13(14)16(22)15(18(20)24)17(23)19-11-7-9-12(21)10-8-11/h3-10,21,24H,2H2,1H3,(H,19,23). The summed E-state index contributed by atoms with van der Waals surface area (Å²) >= 11 is 0. The van der Waals surface area contributed by atoms with Crippen LogP contribution in [0, 0.1) is 0 Å². The average molecular weight is 324 g/mol. The smallest absolute Gasteiger partial charge is 0.265 e. The molecule has 6 heteroatoms. The maximum Gasteiger partial charge on any atom is 0.265 e. The lowest BCUT2D eigenvalue weighted by molar-refractivity contribution is 0.102. The molecular formula is C18H16N2O4. The second-order valence-electron chi connectivity index (χ2n) is 5.29. The van der Waals surface area contributed by atoms with Gasteiger partial charge in [0.15, 0.2) is 0 Å². The summed E-state index contributed by atoms with van der Waals surface area (Å²) in [6.45, 7) is 2.23. The minimum Gasteiger partial charge on any atom is -0.508 e. The number of para-hydroxylation sites is 1. The number of carbonyl (C=O) groups excluding carboxylic acids is 1. The van der Waals surface area contributed by atoms with Crippen LogP contribution in [0.5, 0.6) is 11.6 Å². The van der Waals surface area contributed by atoms with Gasteiger partial charge in [-0.05, 0) is 43.3 Å². The van der Waals surface area contributed by atoms with E-state index in [0.717, 1.165) is 0 Å². The van der Waals surface area contributed by atoms with Crippen LogP contribution in [0.3, 0.4) is 0 Å². The van der Waals surface area contributed by atoms with Crippen LogP contribution in [0.4, 0.5) is 5.69 Å². The number of carbonyl (C=O) groups is 1. The van der Waals surface area contributed by atoms with Gasteiger partial charge < -0.3 is 20.1 Å². The van der Waals surface area contributed by atoms with Gasteiger partial charge in [-0.3, -0.25) is 9.59 Å². The molecule has 0 bridgehead atoms. The third-order valence-electron chi connectivity index (χ3n) is 3.81. The van der Waals surface area contributed by atoms with E-state index < -0.39 is 11.3 Å². The van der Waals surface area contributed by atoms with Crippen LogP contribution < -0.4 is 10.7 Å². The minimum atomic E-state index is -0.698. The van der Waals surface area contributed by atoms with Crippen molar-refractivity contribution in [1.82, 2.24) is 4.57 Å². The number of fused-ring (bicyclic) bond motifs is 1. The highest BCUT2D eigenvalue weighted by molar-refractivity contribution is 6.07. The Hall–Kier alpha value is -3.28. The number of phenolic OH excluding ortho intramolecular Hbond substituents is 1. The maximum atomic E-state index is 12.6. The number of aromatic nitrogens is 1. The van der Waals surface area contributed by atoms with Gasteiger partial charge >= 0.3 is 0 Å². The number of amides is 1. The van der Waals surface area contributed by atoms with E-state index in [4.69, 9.17) is 0 Å². The summed E-state index contributed by atoms with van der Waals surface area (Å²) in [6.07, 6.45) is 0. The van der Waals surface area contributed by atoms with Crippen LogP contribution in [-0.4, -0.2) is 20.7 Å². The highest BCUT2D eigenvalue weighted by Gasteiger charge is 2.21. The first-order valence-corrected chi connectivity index (χ1v) is 7.47. The Morgan fingerprint density at radius 1 is 1.08 bits per heavy atom. The van der Waals surface area contributed by atoms with E-state index in [1.54, 1.807) is 24.3 Å².